The standard InChI is InChI=1S/C26H36N6O3S/c1-16-8-7-11-32(16)25(34)21-22(36-24(31-21)23(33)29-15-26(2,3)35)19-13-28-14-20(18(19)12-27)30-17-9-5-4-6-10-17/h13-14,16-17,25,30,34-35H,4-11,15H2,1-3H3,(H,29,33)/t16-,25?/m0/s1. The zero-order valence-electron chi connectivity index (χ0n) is 21.3. The van der Waals surface area contributed by atoms with E-state index in [9.17, 15) is 20.3 Å². The number of aromatic nitrogens is 2. The van der Waals surface area contributed by atoms with E-state index in [1.165, 1.54) is 6.42 Å². The van der Waals surface area contributed by atoms with Crippen molar-refractivity contribution in [3.05, 3.63) is 28.7 Å². The van der Waals surface area contributed by atoms with Crippen molar-refractivity contribution in [1.82, 2.24) is 20.2 Å². The molecule has 9 nitrogen and oxygen atoms in total. The number of hydrogen-bond donors (Lipinski definition) is 4. The molecule has 3 heterocycles. The second-order valence-corrected chi connectivity index (χ2v) is 11.5. The van der Waals surface area contributed by atoms with Gasteiger partial charge < -0.3 is 20.8 Å². The van der Waals surface area contributed by atoms with Crippen molar-refractivity contribution in [2.45, 2.75) is 89.6 Å². The van der Waals surface area contributed by atoms with Crippen LogP contribution in [0.5, 0.6) is 0 Å². The predicted octanol–water partition coefficient (Wildman–Crippen LogP) is 3.80. The van der Waals surface area contributed by atoms with Gasteiger partial charge in [-0.05, 0) is 46.5 Å². The third-order valence-corrected chi connectivity index (χ3v) is 8.06. The van der Waals surface area contributed by atoms with Gasteiger partial charge in [-0.3, -0.25) is 14.7 Å². The minimum absolute atomic E-state index is 0.0631. The van der Waals surface area contributed by atoms with Crippen LogP contribution in [0.15, 0.2) is 12.4 Å². The highest BCUT2D eigenvalue weighted by molar-refractivity contribution is 7.17. The van der Waals surface area contributed by atoms with E-state index >= 15 is 0 Å². The number of likely N-dealkylation sites (tertiary alicyclic amines) is 1. The van der Waals surface area contributed by atoms with Crippen molar-refractivity contribution < 1.29 is 15.0 Å². The molecule has 1 unspecified atom stereocenters. The van der Waals surface area contributed by atoms with Gasteiger partial charge in [0, 0.05) is 36.9 Å². The smallest absolute Gasteiger partial charge is 0.280 e. The molecule has 2 fully saturated rings. The molecule has 0 aromatic carbocycles. The molecule has 1 aliphatic heterocycles. The van der Waals surface area contributed by atoms with E-state index < -0.39 is 17.7 Å². The van der Waals surface area contributed by atoms with Gasteiger partial charge in [-0.1, -0.05) is 19.3 Å². The van der Waals surface area contributed by atoms with Crippen LogP contribution in [0.25, 0.3) is 10.4 Å². The average molecular weight is 513 g/mol. The van der Waals surface area contributed by atoms with Gasteiger partial charge in [-0.15, -0.1) is 11.3 Å². The first kappa shape index (κ1) is 26.5. The molecule has 1 aliphatic carbocycles. The number of carbonyl (C=O) groups is 1. The molecular weight excluding hydrogens is 476 g/mol. The Morgan fingerprint density at radius 3 is 2.67 bits per heavy atom. The van der Waals surface area contributed by atoms with E-state index in [1.807, 2.05) is 4.90 Å². The third kappa shape index (κ3) is 6.03. The zero-order chi connectivity index (χ0) is 25.9. The van der Waals surface area contributed by atoms with E-state index in [-0.39, 0.29) is 17.6 Å². The quantitative estimate of drug-likeness (QED) is 0.420. The number of thiazole rings is 1. The first-order valence-electron chi connectivity index (χ1n) is 12.8. The van der Waals surface area contributed by atoms with Gasteiger partial charge in [0.1, 0.15) is 11.8 Å². The summed E-state index contributed by atoms with van der Waals surface area (Å²) in [6.07, 6.45) is 9.89. The number of aliphatic hydroxyl groups excluding tert-OH is 1. The molecule has 1 amide bonds. The van der Waals surface area contributed by atoms with Crippen LogP contribution in [0, 0.1) is 11.3 Å². The van der Waals surface area contributed by atoms with Gasteiger partial charge in [0.2, 0.25) is 0 Å². The first-order chi connectivity index (χ1) is 17.2. The molecule has 2 aromatic rings. The SMILES string of the molecule is C[C@H]1CCCN1C(O)c1nc(C(=O)NCC(C)(C)O)sc1-c1cncc(NC2CCCCC2)c1C#N. The second-order valence-electron chi connectivity index (χ2n) is 10.5. The number of anilines is 1. The molecule has 10 heteroatoms. The van der Waals surface area contributed by atoms with Crippen LogP contribution in [-0.2, 0) is 0 Å². The Morgan fingerprint density at radius 2 is 2.03 bits per heavy atom. The van der Waals surface area contributed by atoms with E-state index in [2.05, 4.69) is 33.6 Å². The summed E-state index contributed by atoms with van der Waals surface area (Å²) in [5, 5.41) is 37.9. The minimum Gasteiger partial charge on any atom is -0.389 e. The molecule has 0 spiro atoms. The minimum atomic E-state index is -1.07. The highest BCUT2D eigenvalue weighted by Gasteiger charge is 2.33. The van der Waals surface area contributed by atoms with Crippen molar-refractivity contribution in [1.29, 1.82) is 5.26 Å². The largest absolute Gasteiger partial charge is 0.389 e. The molecule has 0 radical (unpaired) electrons. The molecule has 4 rings (SSSR count). The Balaban J connectivity index is 1.73. The fourth-order valence-electron chi connectivity index (χ4n) is 4.97. The summed E-state index contributed by atoms with van der Waals surface area (Å²) in [7, 11) is 0. The lowest BCUT2D eigenvalue weighted by Gasteiger charge is -2.27. The summed E-state index contributed by atoms with van der Waals surface area (Å²) in [6, 6.07) is 2.80. The van der Waals surface area contributed by atoms with E-state index in [1.54, 1.807) is 26.2 Å². The number of amides is 1. The van der Waals surface area contributed by atoms with Crippen molar-refractivity contribution >= 4 is 22.9 Å². The van der Waals surface area contributed by atoms with Crippen LogP contribution in [0.1, 0.15) is 93.0 Å². The summed E-state index contributed by atoms with van der Waals surface area (Å²) in [6.45, 7) is 6.08. The van der Waals surface area contributed by atoms with Gasteiger partial charge in [0.25, 0.3) is 5.91 Å². The van der Waals surface area contributed by atoms with Crippen molar-refractivity contribution in [2.24, 2.45) is 0 Å². The lowest BCUT2D eigenvalue weighted by Crippen LogP contribution is -2.38. The normalized spacial score (nSPS) is 20.2. The number of nitriles is 1. The summed E-state index contributed by atoms with van der Waals surface area (Å²) >= 11 is 1.13. The third-order valence-electron chi connectivity index (χ3n) is 6.96. The fraction of sp³-hybridized carbons (Fsp3) is 0.615. The van der Waals surface area contributed by atoms with E-state index in [4.69, 9.17) is 0 Å². The van der Waals surface area contributed by atoms with Gasteiger partial charge in [0.05, 0.1) is 27.9 Å². The monoisotopic (exact) mass is 512 g/mol. The Labute approximate surface area is 216 Å². The number of hydrogen-bond acceptors (Lipinski definition) is 9. The highest BCUT2D eigenvalue weighted by atomic mass is 32.1. The van der Waals surface area contributed by atoms with E-state index in [0.717, 1.165) is 56.4 Å². The van der Waals surface area contributed by atoms with Crippen LogP contribution in [0.4, 0.5) is 5.69 Å². The predicted molar refractivity (Wildman–Crippen MR) is 140 cm³/mol. The number of aliphatic hydroxyl groups is 2. The van der Waals surface area contributed by atoms with Gasteiger partial charge in [-0.2, -0.15) is 5.26 Å². The van der Waals surface area contributed by atoms with Gasteiger partial charge in [0.15, 0.2) is 11.2 Å². The molecule has 1 saturated heterocycles. The number of nitrogens with zero attached hydrogens (tertiary/aromatic N) is 4. The van der Waals surface area contributed by atoms with Crippen molar-refractivity contribution in [3.8, 4) is 16.5 Å². The maximum absolute atomic E-state index is 12.9. The lowest BCUT2D eigenvalue weighted by molar-refractivity contribution is -0.00522. The Hall–Kier alpha value is -2.58. The van der Waals surface area contributed by atoms with Crippen LogP contribution in [0.3, 0.4) is 0 Å². The number of rotatable bonds is 8. The summed E-state index contributed by atoms with van der Waals surface area (Å²) in [5.41, 5.74) is 0.942. The first-order valence-corrected chi connectivity index (χ1v) is 13.6. The molecule has 2 aromatic heterocycles. The van der Waals surface area contributed by atoms with Crippen molar-refractivity contribution in [2.75, 3.05) is 18.4 Å². The maximum Gasteiger partial charge on any atom is 0.280 e. The molecule has 0 bridgehead atoms. The summed E-state index contributed by atoms with van der Waals surface area (Å²) < 4.78 is 0. The molecule has 4 N–H and O–H groups in total. The van der Waals surface area contributed by atoms with E-state index in [0.29, 0.717) is 33.4 Å². The molecule has 1 saturated carbocycles. The Bertz CT molecular complexity index is 1120. The fourth-order valence-corrected chi connectivity index (χ4v) is 6.00. The second kappa shape index (κ2) is 11.2. The Morgan fingerprint density at radius 1 is 1.28 bits per heavy atom. The van der Waals surface area contributed by atoms with Crippen LogP contribution in [0.2, 0.25) is 0 Å². The number of carbonyl (C=O) groups excluding carboxylic acids is 1. The molecular formula is C26H36N6O3S. The Kier molecular flexibility index (Phi) is 8.25. The van der Waals surface area contributed by atoms with Gasteiger partial charge >= 0.3 is 0 Å². The summed E-state index contributed by atoms with van der Waals surface area (Å²) in [4.78, 5) is 24.4. The van der Waals surface area contributed by atoms with Crippen LogP contribution < -0.4 is 10.6 Å². The van der Waals surface area contributed by atoms with Crippen LogP contribution >= 0.6 is 11.3 Å². The zero-order valence-corrected chi connectivity index (χ0v) is 22.1. The summed E-state index contributed by atoms with van der Waals surface area (Å²) in [5.74, 6) is -0.431. The molecule has 2 atom stereocenters. The van der Waals surface area contributed by atoms with Gasteiger partial charge in [-0.25, -0.2) is 4.98 Å². The van der Waals surface area contributed by atoms with Crippen LogP contribution in [-0.4, -0.2) is 61.8 Å². The number of nitrogens with one attached hydrogen (secondary N) is 2. The average Bonchev–Trinajstić information content (AvgIpc) is 3.49. The molecule has 2 aliphatic rings. The maximum atomic E-state index is 12.9. The van der Waals surface area contributed by atoms with Crippen molar-refractivity contribution in [3.63, 3.8) is 0 Å². The topological polar surface area (TPSA) is 134 Å². The number of pyridine rings is 1. The lowest BCUT2D eigenvalue weighted by atomic mass is 9.95. The molecule has 36 heavy (non-hydrogen) atoms. The highest BCUT2D eigenvalue weighted by Crippen LogP contribution is 2.40. The molecule has 194 valence electrons.